The molecule has 6 N–H and O–H groups in total. The second kappa shape index (κ2) is 14.7. The smallest absolute Gasteiger partial charge is 0.326 e. The fraction of sp³-hybridized carbons (Fsp3) is 0.833. The van der Waals surface area contributed by atoms with Crippen molar-refractivity contribution in [3.05, 3.63) is 0 Å². The van der Waals surface area contributed by atoms with Crippen molar-refractivity contribution in [1.82, 2.24) is 16.0 Å². The molecule has 0 saturated carbocycles. The third-order valence-corrected chi connectivity index (χ3v) is 4.82. The maximum atomic E-state index is 12.6. The van der Waals surface area contributed by atoms with Crippen LogP contribution in [0.2, 0.25) is 0 Å². The molecule has 0 aromatic carbocycles. The minimum absolute atomic E-state index is 0.167. The number of nitrogens with one attached hydrogen (secondary N) is 3. The number of amides is 2. The molecule has 8 nitrogen and oxygen atoms in total. The van der Waals surface area contributed by atoms with Gasteiger partial charge in [-0.05, 0) is 57.2 Å². The van der Waals surface area contributed by atoms with Crippen molar-refractivity contribution < 1.29 is 19.5 Å². The molecule has 0 aliphatic rings. The Labute approximate surface area is 166 Å². The fourth-order valence-corrected chi connectivity index (χ4v) is 3.11. The molecule has 0 fully saturated rings. The Balaban J connectivity index is 4.99. The van der Waals surface area contributed by atoms with Gasteiger partial charge in [-0.3, -0.25) is 9.59 Å². The summed E-state index contributed by atoms with van der Waals surface area (Å²) in [6.07, 6.45) is 4.92. The molecule has 0 spiro atoms. The normalized spacial score (nSPS) is 14.4. The van der Waals surface area contributed by atoms with Gasteiger partial charge in [0.2, 0.25) is 11.8 Å². The summed E-state index contributed by atoms with van der Waals surface area (Å²) >= 11 is 1.52. The predicted octanol–water partition coefficient (Wildman–Crippen LogP) is 0.557. The highest BCUT2D eigenvalue weighted by atomic mass is 32.2. The van der Waals surface area contributed by atoms with E-state index in [1.165, 1.54) is 11.8 Å². The van der Waals surface area contributed by atoms with E-state index in [4.69, 9.17) is 5.73 Å². The summed E-state index contributed by atoms with van der Waals surface area (Å²) in [5.74, 6) is -0.988. The van der Waals surface area contributed by atoms with Crippen molar-refractivity contribution in [2.45, 2.75) is 64.1 Å². The zero-order valence-electron chi connectivity index (χ0n) is 16.9. The summed E-state index contributed by atoms with van der Waals surface area (Å²) in [5, 5.41) is 17.6. The van der Waals surface area contributed by atoms with Crippen LogP contribution in [0, 0.1) is 5.92 Å². The van der Waals surface area contributed by atoms with Crippen molar-refractivity contribution in [2.24, 2.45) is 11.7 Å². The largest absolute Gasteiger partial charge is 0.480 e. The number of nitrogens with two attached hydrogens (primary N) is 1. The molecule has 0 aliphatic carbocycles. The quantitative estimate of drug-likeness (QED) is 0.252. The van der Waals surface area contributed by atoms with Crippen molar-refractivity contribution in [3.63, 3.8) is 0 Å². The first-order chi connectivity index (χ1) is 12.8. The molecule has 0 heterocycles. The van der Waals surface area contributed by atoms with Crippen LogP contribution in [-0.4, -0.2) is 66.6 Å². The Hall–Kier alpha value is -1.32. The average Bonchev–Trinajstić information content (AvgIpc) is 2.60. The minimum Gasteiger partial charge on any atom is -0.480 e. The molecule has 27 heavy (non-hydrogen) atoms. The fourth-order valence-electron chi connectivity index (χ4n) is 2.64. The maximum Gasteiger partial charge on any atom is 0.326 e. The van der Waals surface area contributed by atoms with Gasteiger partial charge in [-0.15, -0.1) is 0 Å². The van der Waals surface area contributed by atoms with E-state index in [2.05, 4.69) is 16.0 Å². The minimum atomic E-state index is -1.07. The predicted molar refractivity (Wildman–Crippen MR) is 110 cm³/mol. The van der Waals surface area contributed by atoms with Crippen LogP contribution in [0.5, 0.6) is 0 Å². The monoisotopic (exact) mass is 404 g/mol. The first-order valence-corrected chi connectivity index (χ1v) is 10.9. The van der Waals surface area contributed by atoms with Gasteiger partial charge in [-0.2, -0.15) is 11.8 Å². The number of hydrogen-bond acceptors (Lipinski definition) is 6. The van der Waals surface area contributed by atoms with Crippen LogP contribution >= 0.6 is 11.8 Å². The van der Waals surface area contributed by atoms with Crippen LogP contribution in [0.1, 0.15) is 46.0 Å². The Bertz CT molecular complexity index is 463. The van der Waals surface area contributed by atoms with Crippen molar-refractivity contribution in [1.29, 1.82) is 0 Å². The molecular formula is C18H36N4O4S. The highest BCUT2D eigenvalue weighted by molar-refractivity contribution is 7.98. The van der Waals surface area contributed by atoms with Gasteiger partial charge >= 0.3 is 5.97 Å². The van der Waals surface area contributed by atoms with E-state index in [9.17, 15) is 19.5 Å². The Morgan fingerprint density at radius 3 is 2.07 bits per heavy atom. The molecule has 0 radical (unpaired) electrons. The number of aliphatic carboxylic acids is 1. The van der Waals surface area contributed by atoms with E-state index in [0.717, 1.165) is 12.8 Å². The van der Waals surface area contributed by atoms with E-state index >= 15 is 0 Å². The Morgan fingerprint density at radius 2 is 1.59 bits per heavy atom. The topological polar surface area (TPSA) is 134 Å². The summed E-state index contributed by atoms with van der Waals surface area (Å²) in [7, 11) is 1.70. The molecule has 0 aromatic rings. The molecule has 2 amide bonds. The van der Waals surface area contributed by atoms with Crippen LogP contribution < -0.4 is 21.7 Å². The molecule has 3 unspecified atom stereocenters. The van der Waals surface area contributed by atoms with E-state index in [1.54, 1.807) is 7.05 Å². The van der Waals surface area contributed by atoms with Gasteiger partial charge in [0.1, 0.15) is 12.1 Å². The highest BCUT2D eigenvalue weighted by Gasteiger charge is 2.28. The molecule has 158 valence electrons. The van der Waals surface area contributed by atoms with Crippen LogP contribution in [0.15, 0.2) is 0 Å². The summed E-state index contributed by atoms with van der Waals surface area (Å²) in [6, 6.07) is -2.13. The summed E-state index contributed by atoms with van der Waals surface area (Å²) < 4.78 is 0. The standard InChI is InChI=1S/C18H36N4O4S/c1-12(2)11-15(17(24)21-14(18(25)26)8-10-27-4)22-16(23)13(20-3)7-5-6-9-19/h12-15,20H,5-11,19H2,1-4H3,(H,21,24)(H,22,23)(H,25,26). The lowest BCUT2D eigenvalue weighted by Gasteiger charge is -2.25. The first kappa shape index (κ1) is 25.7. The van der Waals surface area contributed by atoms with Crippen LogP contribution in [0.3, 0.4) is 0 Å². The average molecular weight is 405 g/mol. The number of thioether (sulfide) groups is 1. The van der Waals surface area contributed by atoms with Crippen LogP contribution in [0.4, 0.5) is 0 Å². The SMILES string of the molecule is CNC(CCCCN)C(=O)NC(CC(C)C)C(=O)NC(CCSC)C(=O)O. The third kappa shape index (κ3) is 11.2. The molecule has 0 rings (SSSR count). The number of carbonyl (C=O) groups excluding carboxylic acids is 2. The summed E-state index contributed by atoms with van der Waals surface area (Å²) in [6.45, 7) is 4.47. The number of likely N-dealkylation sites (N-methyl/N-ethyl adjacent to an activating group) is 1. The molecule has 9 heteroatoms. The van der Waals surface area contributed by atoms with Crippen molar-refractivity contribution in [3.8, 4) is 0 Å². The number of rotatable bonds is 15. The molecule has 0 aromatic heterocycles. The zero-order chi connectivity index (χ0) is 20.8. The number of carbonyl (C=O) groups is 3. The molecule has 3 atom stereocenters. The van der Waals surface area contributed by atoms with E-state index < -0.39 is 30.0 Å². The van der Waals surface area contributed by atoms with E-state index in [0.29, 0.717) is 31.6 Å². The van der Waals surface area contributed by atoms with Crippen molar-refractivity contribution in [2.75, 3.05) is 25.6 Å². The zero-order valence-corrected chi connectivity index (χ0v) is 17.7. The van der Waals surface area contributed by atoms with Crippen LogP contribution in [-0.2, 0) is 14.4 Å². The Kier molecular flexibility index (Phi) is 14.0. The highest BCUT2D eigenvalue weighted by Crippen LogP contribution is 2.09. The van der Waals surface area contributed by atoms with Gasteiger partial charge in [-0.1, -0.05) is 20.3 Å². The maximum absolute atomic E-state index is 12.6. The molecule has 0 aliphatic heterocycles. The second-order valence-corrected chi connectivity index (χ2v) is 7.98. The molecule has 0 bridgehead atoms. The number of hydrogen-bond donors (Lipinski definition) is 5. The number of carboxylic acid groups (broad SMARTS) is 1. The van der Waals surface area contributed by atoms with Gasteiger partial charge < -0.3 is 26.8 Å². The third-order valence-electron chi connectivity index (χ3n) is 4.18. The van der Waals surface area contributed by atoms with Gasteiger partial charge in [-0.25, -0.2) is 4.79 Å². The first-order valence-electron chi connectivity index (χ1n) is 9.46. The second-order valence-electron chi connectivity index (χ2n) is 7.00. The molecule has 0 saturated heterocycles. The van der Waals surface area contributed by atoms with Gasteiger partial charge in [0.05, 0.1) is 6.04 Å². The lowest BCUT2D eigenvalue weighted by Crippen LogP contribution is -2.55. The number of carboxylic acids is 1. The van der Waals surface area contributed by atoms with E-state index in [-0.39, 0.29) is 11.8 Å². The Morgan fingerprint density at radius 1 is 1.00 bits per heavy atom. The van der Waals surface area contributed by atoms with Crippen molar-refractivity contribution >= 4 is 29.5 Å². The lowest BCUT2D eigenvalue weighted by atomic mass is 10.0. The van der Waals surface area contributed by atoms with E-state index in [1.807, 2.05) is 20.1 Å². The summed E-state index contributed by atoms with van der Waals surface area (Å²) in [5.41, 5.74) is 5.49. The van der Waals surface area contributed by atoms with Gasteiger partial charge in [0.15, 0.2) is 0 Å². The number of unbranched alkanes of at least 4 members (excludes halogenated alkanes) is 1. The van der Waals surface area contributed by atoms with Gasteiger partial charge in [0, 0.05) is 0 Å². The van der Waals surface area contributed by atoms with Gasteiger partial charge in [0.25, 0.3) is 0 Å². The lowest BCUT2D eigenvalue weighted by molar-refractivity contribution is -0.142. The molecular weight excluding hydrogens is 368 g/mol. The van der Waals surface area contributed by atoms with Crippen LogP contribution in [0.25, 0.3) is 0 Å². The summed E-state index contributed by atoms with van der Waals surface area (Å²) in [4.78, 5) is 36.6.